The Kier molecular flexibility index (Phi) is 3.52. The van der Waals surface area contributed by atoms with E-state index < -0.39 is 0 Å². The third-order valence-corrected chi connectivity index (χ3v) is 4.02. The van der Waals surface area contributed by atoms with E-state index in [-0.39, 0.29) is 17.3 Å². The number of carbonyl (C=O) groups excluding carboxylic acids is 1. The number of nitrogens with two attached hydrogens (primary N) is 1. The van der Waals surface area contributed by atoms with Crippen molar-refractivity contribution in [3.05, 3.63) is 59.7 Å². The molecule has 0 saturated carbocycles. The van der Waals surface area contributed by atoms with E-state index in [1.165, 1.54) is 11.6 Å². The zero-order valence-electron chi connectivity index (χ0n) is 11.7. The molecule has 21 heavy (non-hydrogen) atoms. The van der Waals surface area contributed by atoms with E-state index in [4.69, 9.17) is 5.73 Å². The van der Waals surface area contributed by atoms with E-state index in [2.05, 4.69) is 12.1 Å². The number of carbonyl (C=O) groups is 1. The van der Waals surface area contributed by atoms with Crippen LogP contribution < -0.4 is 5.73 Å². The first kappa shape index (κ1) is 13.5. The van der Waals surface area contributed by atoms with E-state index in [1.807, 2.05) is 23.1 Å². The van der Waals surface area contributed by atoms with Gasteiger partial charge in [-0.2, -0.15) is 0 Å². The Balaban J connectivity index is 1.74. The topological polar surface area (TPSA) is 66.6 Å². The summed E-state index contributed by atoms with van der Waals surface area (Å²) in [5.74, 6) is 0.293. The number of benzene rings is 2. The second-order valence-electron chi connectivity index (χ2n) is 5.42. The van der Waals surface area contributed by atoms with Gasteiger partial charge in [0.2, 0.25) is 0 Å². The Bertz CT molecular complexity index is 655. The summed E-state index contributed by atoms with van der Waals surface area (Å²) in [4.78, 5) is 14.3. The molecule has 4 heteroatoms. The second kappa shape index (κ2) is 5.48. The Morgan fingerprint density at radius 1 is 1.19 bits per heavy atom. The highest BCUT2D eigenvalue weighted by atomic mass is 16.3. The molecule has 4 nitrogen and oxygen atoms in total. The number of amides is 1. The van der Waals surface area contributed by atoms with Gasteiger partial charge in [0.25, 0.3) is 5.91 Å². The molecule has 0 bridgehead atoms. The molecule has 3 N–H and O–H groups in total. The summed E-state index contributed by atoms with van der Waals surface area (Å²) in [6, 6.07) is 14.9. The molecule has 1 aliphatic heterocycles. The fraction of sp³-hybridized carbons (Fsp3) is 0.235. The average Bonchev–Trinajstić information content (AvgIpc) is 3.00. The van der Waals surface area contributed by atoms with Gasteiger partial charge in [0.1, 0.15) is 5.75 Å². The molecule has 0 aromatic heterocycles. The Hall–Kier alpha value is -2.49. The van der Waals surface area contributed by atoms with Crippen LogP contribution in [0.1, 0.15) is 28.3 Å². The summed E-state index contributed by atoms with van der Waals surface area (Å²) in [6.07, 6.45) is 0.969. The molecule has 1 amide bonds. The first-order valence-corrected chi connectivity index (χ1v) is 7.08. The highest BCUT2D eigenvalue weighted by molar-refractivity contribution is 5.95. The summed E-state index contributed by atoms with van der Waals surface area (Å²) >= 11 is 0. The van der Waals surface area contributed by atoms with Crippen LogP contribution in [-0.4, -0.2) is 29.0 Å². The van der Waals surface area contributed by atoms with Gasteiger partial charge in [-0.05, 0) is 30.2 Å². The fourth-order valence-electron chi connectivity index (χ4n) is 2.80. The normalized spacial score (nSPS) is 17.9. The number of hydrogen-bond donors (Lipinski definition) is 2. The zero-order chi connectivity index (χ0) is 14.8. The maximum Gasteiger partial charge on any atom is 0.254 e. The maximum absolute atomic E-state index is 12.5. The van der Waals surface area contributed by atoms with E-state index in [0.29, 0.717) is 18.0 Å². The molecule has 1 unspecified atom stereocenters. The van der Waals surface area contributed by atoms with Crippen LogP contribution in [0.5, 0.6) is 5.75 Å². The quantitative estimate of drug-likeness (QED) is 0.657. The van der Waals surface area contributed by atoms with Crippen molar-refractivity contribution in [3.8, 4) is 5.75 Å². The average molecular weight is 282 g/mol. The van der Waals surface area contributed by atoms with Crippen molar-refractivity contribution in [2.24, 2.45) is 0 Å². The predicted molar refractivity (Wildman–Crippen MR) is 82.2 cm³/mol. The van der Waals surface area contributed by atoms with Crippen LogP contribution in [0.3, 0.4) is 0 Å². The van der Waals surface area contributed by atoms with Crippen molar-refractivity contribution in [2.45, 2.75) is 12.3 Å². The van der Waals surface area contributed by atoms with Crippen molar-refractivity contribution >= 4 is 11.6 Å². The lowest BCUT2D eigenvalue weighted by atomic mass is 9.99. The van der Waals surface area contributed by atoms with Crippen molar-refractivity contribution in [3.63, 3.8) is 0 Å². The van der Waals surface area contributed by atoms with Gasteiger partial charge in [-0.3, -0.25) is 4.79 Å². The van der Waals surface area contributed by atoms with Gasteiger partial charge in [-0.1, -0.05) is 30.3 Å². The van der Waals surface area contributed by atoms with Gasteiger partial charge >= 0.3 is 0 Å². The number of likely N-dealkylation sites (tertiary alicyclic amines) is 1. The van der Waals surface area contributed by atoms with Gasteiger partial charge in [-0.15, -0.1) is 0 Å². The van der Waals surface area contributed by atoms with E-state index in [1.54, 1.807) is 12.1 Å². The number of phenolic OH excluding ortho intramolecular Hbond substituents is 1. The van der Waals surface area contributed by atoms with Gasteiger partial charge < -0.3 is 15.7 Å². The smallest absolute Gasteiger partial charge is 0.254 e. The largest absolute Gasteiger partial charge is 0.506 e. The molecule has 0 radical (unpaired) electrons. The molecule has 3 rings (SSSR count). The molecule has 2 aromatic carbocycles. The van der Waals surface area contributed by atoms with E-state index in [9.17, 15) is 9.90 Å². The van der Waals surface area contributed by atoms with E-state index >= 15 is 0 Å². The predicted octanol–water partition coefficient (Wildman–Crippen LogP) is 2.60. The Labute approximate surface area is 123 Å². The molecule has 1 aliphatic rings. The SMILES string of the molecule is Nc1ccc(C(=O)N2CCC(c3ccccc3)C2)cc1O. The molecular weight excluding hydrogens is 264 g/mol. The monoisotopic (exact) mass is 282 g/mol. The lowest BCUT2D eigenvalue weighted by Gasteiger charge is -2.17. The molecule has 108 valence electrons. The van der Waals surface area contributed by atoms with Crippen LogP contribution in [0.25, 0.3) is 0 Å². The third kappa shape index (κ3) is 2.70. The van der Waals surface area contributed by atoms with Crippen LogP contribution in [-0.2, 0) is 0 Å². The zero-order valence-corrected chi connectivity index (χ0v) is 11.7. The summed E-state index contributed by atoms with van der Waals surface area (Å²) in [6.45, 7) is 1.46. The minimum atomic E-state index is -0.0521. The molecule has 0 aliphatic carbocycles. The van der Waals surface area contributed by atoms with E-state index in [0.717, 1.165) is 13.0 Å². The number of hydrogen-bond acceptors (Lipinski definition) is 3. The first-order chi connectivity index (χ1) is 10.1. The molecule has 1 fully saturated rings. The lowest BCUT2D eigenvalue weighted by Crippen LogP contribution is -2.28. The summed E-state index contributed by atoms with van der Waals surface area (Å²) in [7, 11) is 0. The number of rotatable bonds is 2. The van der Waals surface area contributed by atoms with Crippen LogP contribution in [0.4, 0.5) is 5.69 Å². The highest BCUT2D eigenvalue weighted by Crippen LogP contribution is 2.29. The third-order valence-electron chi connectivity index (χ3n) is 4.02. The number of nitrogen functional groups attached to an aromatic ring is 1. The summed E-state index contributed by atoms with van der Waals surface area (Å²) in [5.41, 5.74) is 7.61. The molecular formula is C17H18N2O2. The number of phenols is 1. The van der Waals surface area contributed by atoms with Crippen molar-refractivity contribution in [1.29, 1.82) is 0 Å². The molecule has 2 aromatic rings. The number of anilines is 1. The highest BCUT2D eigenvalue weighted by Gasteiger charge is 2.28. The number of nitrogens with zero attached hydrogens (tertiary/aromatic N) is 1. The van der Waals surface area contributed by atoms with Gasteiger partial charge in [-0.25, -0.2) is 0 Å². The Morgan fingerprint density at radius 2 is 1.95 bits per heavy atom. The van der Waals surface area contributed by atoms with Crippen LogP contribution >= 0.6 is 0 Å². The van der Waals surface area contributed by atoms with Crippen LogP contribution in [0, 0.1) is 0 Å². The summed E-state index contributed by atoms with van der Waals surface area (Å²) in [5, 5.41) is 9.63. The molecule has 1 saturated heterocycles. The van der Waals surface area contributed by atoms with Crippen molar-refractivity contribution < 1.29 is 9.90 Å². The molecule has 0 spiro atoms. The minimum absolute atomic E-state index is 0.0420. The van der Waals surface area contributed by atoms with Crippen molar-refractivity contribution in [2.75, 3.05) is 18.8 Å². The Morgan fingerprint density at radius 3 is 2.67 bits per heavy atom. The molecule has 1 atom stereocenters. The standard InChI is InChI=1S/C17H18N2O2/c18-15-7-6-13(10-16(15)20)17(21)19-9-8-14(11-19)12-4-2-1-3-5-12/h1-7,10,14,20H,8-9,11,18H2. The lowest BCUT2D eigenvalue weighted by molar-refractivity contribution is 0.0790. The molecule has 1 heterocycles. The van der Waals surface area contributed by atoms with Gasteiger partial charge in [0.05, 0.1) is 5.69 Å². The van der Waals surface area contributed by atoms with Crippen molar-refractivity contribution in [1.82, 2.24) is 4.90 Å². The fourth-order valence-corrected chi connectivity index (χ4v) is 2.80. The van der Waals surface area contributed by atoms with Crippen LogP contribution in [0.15, 0.2) is 48.5 Å². The van der Waals surface area contributed by atoms with Gasteiger partial charge in [0.15, 0.2) is 0 Å². The first-order valence-electron chi connectivity index (χ1n) is 7.08. The second-order valence-corrected chi connectivity index (χ2v) is 5.42. The minimum Gasteiger partial charge on any atom is -0.506 e. The van der Waals surface area contributed by atoms with Crippen LogP contribution in [0.2, 0.25) is 0 Å². The number of aromatic hydroxyl groups is 1. The summed E-state index contributed by atoms with van der Waals surface area (Å²) < 4.78 is 0. The van der Waals surface area contributed by atoms with Gasteiger partial charge in [0, 0.05) is 24.6 Å². The maximum atomic E-state index is 12.5.